The van der Waals surface area contributed by atoms with Crippen LogP contribution in [0, 0.1) is 0 Å². The first-order valence-electron chi connectivity index (χ1n) is 14.1. The van der Waals surface area contributed by atoms with Gasteiger partial charge >= 0.3 is 0 Å². The quantitative estimate of drug-likeness (QED) is 0.214. The maximum Gasteiger partial charge on any atom is 0.182 e. The fourth-order valence-corrected chi connectivity index (χ4v) is 5.47. The van der Waals surface area contributed by atoms with Gasteiger partial charge in [-0.1, -0.05) is 127 Å². The van der Waals surface area contributed by atoms with Crippen molar-refractivity contribution in [2.24, 2.45) is 0 Å². The smallest absolute Gasteiger partial charge is 0.182 e. The third-order valence-electron chi connectivity index (χ3n) is 7.48. The summed E-state index contributed by atoms with van der Waals surface area (Å²) in [4.78, 5) is 24.9. The van der Waals surface area contributed by atoms with Gasteiger partial charge in [0.05, 0.1) is 11.0 Å². The molecule has 5 aromatic carbocycles. The molecule has 43 heavy (non-hydrogen) atoms. The normalized spacial score (nSPS) is 11.3. The van der Waals surface area contributed by atoms with Crippen molar-refractivity contribution >= 4 is 21.8 Å². The van der Waals surface area contributed by atoms with Crippen LogP contribution in [0.1, 0.15) is 0 Å². The predicted molar refractivity (Wildman–Crippen MR) is 171 cm³/mol. The average Bonchev–Trinajstić information content (AvgIpc) is 3.43. The highest BCUT2D eigenvalue weighted by Crippen LogP contribution is 2.33. The van der Waals surface area contributed by atoms with Gasteiger partial charge in [-0.05, 0) is 12.1 Å². The summed E-state index contributed by atoms with van der Waals surface area (Å²) in [6.45, 7) is 0. The lowest BCUT2D eigenvalue weighted by atomic mass is 10.2. The molecule has 0 amide bonds. The molecule has 8 aromatic rings. The highest BCUT2D eigenvalue weighted by Gasteiger charge is 2.19. The molecule has 6 nitrogen and oxygen atoms in total. The van der Waals surface area contributed by atoms with E-state index in [0.717, 1.165) is 44.3 Å². The summed E-state index contributed by atoms with van der Waals surface area (Å²) in [5, 5.41) is 2.33. The molecule has 0 aliphatic carbocycles. The van der Waals surface area contributed by atoms with Gasteiger partial charge in [0.15, 0.2) is 23.3 Å². The van der Waals surface area contributed by atoms with Gasteiger partial charge in [0.1, 0.15) is 11.5 Å². The molecule has 0 aliphatic heterocycles. The largest absolute Gasteiger partial charge is 0.294 e. The lowest BCUT2D eigenvalue weighted by molar-refractivity contribution is 1.02. The molecule has 8 rings (SSSR count). The summed E-state index contributed by atoms with van der Waals surface area (Å²) in [6, 6.07) is 48.8. The van der Waals surface area contributed by atoms with Gasteiger partial charge in [0.25, 0.3) is 0 Å². The van der Waals surface area contributed by atoms with E-state index in [2.05, 4.69) is 53.1 Å². The summed E-state index contributed by atoms with van der Waals surface area (Å²) < 4.78 is 2.19. The minimum atomic E-state index is 0.481. The molecule has 3 heterocycles. The maximum atomic E-state index is 5.11. The van der Waals surface area contributed by atoms with Crippen LogP contribution < -0.4 is 0 Å². The molecule has 0 saturated carbocycles. The number of benzene rings is 5. The maximum absolute atomic E-state index is 5.11. The average molecular weight is 553 g/mol. The van der Waals surface area contributed by atoms with Crippen molar-refractivity contribution in [3.05, 3.63) is 146 Å². The topological polar surface area (TPSA) is 69.4 Å². The van der Waals surface area contributed by atoms with Gasteiger partial charge in [-0.3, -0.25) is 4.57 Å². The molecule has 0 saturated heterocycles. The molecule has 0 N–H and O–H groups in total. The summed E-state index contributed by atoms with van der Waals surface area (Å²) in [7, 11) is 0. The zero-order valence-electron chi connectivity index (χ0n) is 23.0. The zero-order chi connectivity index (χ0) is 28.6. The Morgan fingerprint density at radius 2 is 0.744 bits per heavy atom. The number of rotatable bonds is 5. The molecule has 0 aliphatic rings. The first-order valence-corrected chi connectivity index (χ1v) is 14.1. The molecule has 0 atom stereocenters. The Bertz CT molecular complexity index is 2110. The Balaban J connectivity index is 1.42. The van der Waals surface area contributed by atoms with Crippen LogP contribution in [0.2, 0.25) is 0 Å². The van der Waals surface area contributed by atoms with E-state index in [-0.39, 0.29) is 0 Å². The second-order valence-corrected chi connectivity index (χ2v) is 10.2. The van der Waals surface area contributed by atoms with E-state index in [1.54, 1.807) is 0 Å². The van der Waals surface area contributed by atoms with E-state index < -0.39 is 0 Å². The highest BCUT2D eigenvalue weighted by molar-refractivity contribution is 6.09. The summed E-state index contributed by atoms with van der Waals surface area (Å²) in [5.41, 5.74) is 5.47. The Morgan fingerprint density at radius 1 is 0.349 bits per heavy atom. The van der Waals surface area contributed by atoms with Gasteiger partial charge in [0.2, 0.25) is 0 Å². The third-order valence-corrected chi connectivity index (χ3v) is 7.48. The van der Waals surface area contributed by atoms with Crippen LogP contribution >= 0.6 is 0 Å². The standard InChI is InChI=1S/C37H24N6/c1-4-14-25(15-5-1)34-38-30(24-33(39-34)43-31-22-12-10-20-28(31)29-21-11-13-23-32(29)43)37-41-35(26-16-6-2-7-17-26)40-36(42-37)27-18-8-3-9-19-27/h1-24H. The fraction of sp³-hybridized carbons (Fsp3) is 0. The zero-order valence-corrected chi connectivity index (χ0v) is 23.0. The molecule has 3 aromatic heterocycles. The van der Waals surface area contributed by atoms with Crippen LogP contribution in [0.3, 0.4) is 0 Å². The molecule has 0 fully saturated rings. The lowest BCUT2D eigenvalue weighted by Crippen LogP contribution is -2.05. The van der Waals surface area contributed by atoms with Crippen molar-refractivity contribution in [1.29, 1.82) is 0 Å². The predicted octanol–water partition coefficient (Wildman–Crippen LogP) is 8.43. The molecule has 6 heteroatoms. The van der Waals surface area contributed by atoms with Gasteiger partial charge in [0, 0.05) is 33.5 Å². The Kier molecular flexibility index (Phi) is 6.01. The number of fused-ring (bicyclic) bond motifs is 3. The monoisotopic (exact) mass is 552 g/mol. The number of para-hydroxylation sites is 2. The number of hydrogen-bond acceptors (Lipinski definition) is 5. The van der Waals surface area contributed by atoms with E-state index in [4.69, 9.17) is 24.9 Å². The van der Waals surface area contributed by atoms with Crippen molar-refractivity contribution in [2.75, 3.05) is 0 Å². The van der Waals surface area contributed by atoms with Crippen molar-refractivity contribution in [3.63, 3.8) is 0 Å². The van der Waals surface area contributed by atoms with Gasteiger partial charge in [-0.15, -0.1) is 0 Å². The van der Waals surface area contributed by atoms with Crippen molar-refractivity contribution in [2.45, 2.75) is 0 Å². The molecular weight excluding hydrogens is 528 g/mol. The van der Waals surface area contributed by atoms with Gasteiger partial charge in [-0.2, -0.15) is 0 Å². The summed E-state index contributed by atoms with van der Waals surface area (Å²) in [5.74, 6) is 2.99. The van der Waals surface area contributed by atoms with E-state index in [1.807, 2.05) is 97.1 Å². The van der Waals surface area contributed by atoms with Crippen molar-refractivity contribution in [3.8, 4) is 51.5 Å². The first-order chi connectivity index (χ1) is 21.3. The van der Waals surface area contributed by atoms with Gasteiger partial charge in [-0.25, -0.2) is 24.9 Å². The summed E-state index contributed by atoms with van der Waals surface area (Å²) in [6.07, 6.45) is 0. The first kappa shape index (κ1) is 24.8. The van der Waals surface area contributed by atoms with Gasteiger partial charge < -0.3 is 0 Å². The van der Waals surface area contributed by atoms with E-state index >= 15 is 0 Å². The van der Waals surface area contributed by atoms with Crippen LogP contribution in [0.4, 0.5) is 0 Å². The van der Waals surface area contributed by atoms with Crippen LogP contribution in [0.25, 0.3) is 73.3 Å². The van der Waals surface area contributed by atoms with Crippen molar-refractivity contribution in [1.82, 2.24) is 29.5 Å². The molecule has 202 valence electrons. The second kappa shape index (κ2) is 10.4. The molecule has 0 unspecified atom stereocenters. The van der Waals surface area contributed by atoms with E-state index in [1.165, 1.54) is 0 Å². The Hall–Kier alpha value is -6.01. The molecule has 0 radical (unpaired) electrons. The number of aromatic nitrogens is 6. The highest BCUT2D eigenvalue weighted by atomic mass is 15.1. The van der Waals surface area contributed by atoms with Crippen LogP contribution in [0.5, 0.6) is 0 Å². The summed E-state index contributed by atoms with van der Waals surface area (Å²) >= 11 is 0. The molecule has 0 spiro atoms. The van der Waals surface area contributed by atoms with Crippen LogP contribution in [0.15, 0.2) is 146 Å². The minimum absolute atomic E-state index is 0.481. The fourth-order valence-electron chi connectivity index (χ4n) is 5.47. The molecular formula is C37H24N6. The third kappa shape index (κ3) is 4.51. The Labute approximate surface area is 248 Å². The Morgan fingerprint density at radius 3 is 1.23 bits per heavy atom. The lowest BCUT2D eigenvalue weighted by Gasteiger charge is -2.12. The second-order valence-electron chi connectivity index (χ2n) is 10.2. The molecule has 0 bridgehead atoms. The van der Waals surface area contributed by atoms with E-state index in [9.17, 15) is 0 Å². The van der Waals surface area contributed by atoms with Crippen molar-refractivity contribution < 1.29 is 0 Å². The minimum Gasteiger partial charge on any atom is -0.294 e. The number of hydrogen-bond donors (Lipinski definition) is 0. The number of nitrogens with zero attached hydrogens (tertiary/aromatic N) is 6. The van der Waals surface area contributed by atoms with E-state index in [0.29, 0.717) is 29.0 Å². The van der Waals surface area contributed by atoms with Crippen LogP contribution in [-0.4, -0.2) is 29.5 Å². The van der Waals surface area contributed by atoms with Crippen LogP contribution in [-0.2, 0) is 0 Å². The SMILES string of the molecule is c1ccc(-c2nc(-c3nc(-c4ccccc4)nc(-c4ccccc4)n3)cc(-n3c4ccccc4c4ccccc43)n2)cc1.